The summed E-state index contributed by atoms with van der Waals surface area (Å²) >= 11 is 7.28. The van der Waals surface area contributed by atoms with Crippen LogP contribution in [-0.2, 0) is 4.79 Å². The Balaban J connectivity index is 2.00. The number of thioether (sulfide) groups is 1. The number of aromatic nitrogens is 1. The molecule has 0 aliphatic rings. The Bertz CT molecular complexity index is 608. The number of hydrogen-bond acceptors (Lipinski definition) is 4. The molecule has 0 aliphatic carbocycles. The normalized spacial score (nSPS) is 12.2. The molecule has 1 aromatic heterocycles. The zero-order valence-electron chi connectivity index (χ0n) is 11.4. The molecule has 0 spiro atoms. The number of anilines is 1. The summed E-state index contributed by atoms with van der Waals surface area (Å²) in [6.07, 6.45) is 0. The molecule has 1 N–H and O–H groups in total. The third-order valence-electron chi connectivity index (χ3n) is 2.79. The third-order valence-corrected chi connectivity index (χ3v) is 4.06. The van der Waals surface area contributed by atoms with Crippen LogP contribution in [0.5, 0.6) is 0 Å². The van der Waals surface area contributed by atoms with Gasteiger partial charge in [0.05, 0.1) is 21.7 Å². The first-order chi connectivity index (χ1) is 9.47. The highest BCUT2D eigenvalue weighted by Crippen LogP contribution is 2.26. The summed E-state index contributed by atoms with van der Waals surface area (Å²) < 4.78 is 5.45. The minimum atomic E-state index is -0.330. The first kappa shape index (κ1) is 14.9. The number of halogens is 1. The van der Waals surface area contributed by atoms with Crippen molar-refractivity contribution in [3.05, 3.63) is 40.7 Å². The van der Waals surface area contributed by atoms with Crippen molar-refractivity contribution in [3.8, 4) is 0 Å². The number of rotatable bonds is 4. The summed E-state index contributed by atoms with van der Waals surface area (Å²) in [6, 6.07) is 7.13. The van der Waals surface area contributed by atoms with Crippen LogP contribution in [0.3, 0.4) is 0 Å². The number of para-hydroxylation sites is 1. The summed E-state index contributed by atoms with van der Waals surface area (Å²) in [5.74, 6) is 0.628. The number of amides is 1. The van der Waals surface area contributed by atoms with Gasteiger partial charge in [0.1, 0.15) is 5.76 Å². The van der Waals surface area contributed by atoms with E-state index in [9.17, 15) is 4.79 Å². The van der Waals surface area contributed by atoms with Crippen LogP contribution in [0.15, 0.2) is 33.9 Å². The maximum atomic E-state index is 12.1. The highest BCUT2D eigenvalue weighted by Gasteiger charge is 2.18. The second-order valence-electron chi connectivity index (χ2n) is 4.35. The average Bonchev–Trinajstić information content (AvgIpc) is 2.71. The Morgan fingerprint density at radius 1 is 1.40 bits per heavy atom. The summed E-state index contributed by atoms with van der Waals surface area (Å²) in [5.41, 5.74) is 1.44. The van der Waals surface area contributed by atoms with Crippen molar-refractivity contribution < 1.29 is 9.21 Å². The standard InChI is InChI=1S/C14H15ClN2O2S/c1-8-9(2)19-14(16-8)20-10(3)13(18)17-12-7-5-4-6-11(12)15/h4-7,10H,1-3H3,(H,17,18). The number of benzene rings is 1. The summed E-state index contributed by atoms with van der Waals surface area (Å²) in [4.78, 5) is 16.3. The van der Waals surface area contributed by atoms with Gasteiger partial charge in [-0.2, -0.15) is 0 Å². The highest BCUT2D eigenvalue weighted by molar-refractivity contribution is 8.00. The van der Waals surface area contributed by atoms with Crippen molar-refractivity contribution >= 4 is 35.0 Å². The van der Waals surface area contributed by atoms with Crippen LogP contribution in [0.25, 0.3) is 0 Å². The molecule has 0 fully saturated rings. The van der Waals surface area contributed by atoms with E-state index in [1.54, 1.807) is 19.1 Å². The topological polar surface area (TPSA) is 55.1 Å². The summed E-state index contributed by atoms with van der Waals surface area (Å²) in [6.45, 7) is 5.52. The molecule has 4 nitrogen and oxygen atoms in total. The number of nitrogens with zero attached hydrogens (tertiary/aromatic N) is 1. The molecule has 2 rings (SSSR count). The van der Waals surface area contributed by atoms with E-state index in [0.717, 1.165) is 11.5 Å². The minimum absolute atomic E-state index is 0.142. The predicted octanol–water partition coefficient (Wildman–Crippen LogP) is 4.06. The van der Waals surface area contributed by atoms with Crippen molar-refractivity contribution in [2.24, 2.45) is 0 Å². The van der Waals surface area contributed by atoms with E-state index in [2.05, 4.69) is 10.3 Å². The molecule has 2 aromatic rings. The van der Waals surface area contributed by atoms with Gasteiger partial charge in [0.15, 0.2) is 0 Å². The van der Waals surface area contributed by atoms with E-state index in [1.165, 1.54) is 11.8 Å². The smallest absolute Gasteiger partial charge is 0.256 e. The first-order valence-corrected chi connectivity index (χ1v) is 7.39. The number of oxazole rings is 1. The third kappa shape index (κ3) is 3.55. The van der Waals surface area contributed by atoms with Crippen LogP contribution in [0.4, 0.5) is 5.69 Å². The van der Waals surface area contributed by atoms with Gasteiger partial charge in [0, 0.05) is 0 Å². The van der Waals surface area contributed by atoms with Gasteiger partial charge in [-0.25, -0.2) is 4.98 Å². The van der Waals surface area contributed by atoms with Gasteiger partial charge in [-0.05, 0) is 32.9 Å². The molecule has 0 radical (unpaired) electrons. The number of nitrogens with one attached hydrogen (secondary N) is 1. The maximum Gasteiger partial charge on any atom is 0.256 e. The molecule has 0 aliphatic heterocycles. The monoisotopic (exact) mass is 310 g/mol. The van der Waals surface area contributed by atoms with Gasteiger partial charge in [-0.3, -0.25) is 4.79 Å². The quantitative estimate of drug-likeness (QED) is 0.865. The van der Waals surface area contributed by atoms with Crippen LogP contribution in [0, 0.1) is 13.8 Å². The largest absolute Gasteiger partial charge is 0.437 e. The summed E-state index contributed by atoms with van der Waals surface area (Å²) in [5, 5.41) is 3.48. The van der Waals surface area contributed by atoms with Crippen LogP contribution in [0.1, 0.15) is 18.4 Å². The van der Waals surface area contributed by atoms with Crippen molar-refractivity contribution in [2.45, 2.75) is 31.2 Å². The van der Waals surface area contributed by atoms with Gasteiger partial charge >= 0.3 is 0 Å². The number of hydrogen-bond donors (Lipinski definition) is 1. The Kier molecular flexibility index (Phi) is 4.73. The fourth-order valence-electron chi connectivity index (χ4n) is 1.50. The highest BCUT2D eigenvalue weighted by atomic mass is 35.5. The predicted molar refractivity (Wildman–Crippen MR) is 81.4 cm³/mol. The minimum Gasteiger partial charge on any atom is -0.437 e. The Labute approximate surface area is 126 Å². The van der Waals surface area contributed by atoms with E-state index in [4.69, 9.17) is 16.0 Å². The van der Waals surface area contributed by atoms with E-state index in [-0.39, 0.29) is 11.2 Å². The molecule has 1 heterocycles. The zero-order chi connectivity index (χ0) is 14.7. The Hall–Kier alpha value is -1.46. The lowest BCUT2D eigenvalue weighted by atomic mass is 10.3. The fraction of sp³-hybridized carbons (Fsp3) is 0.286. The van der Waals surface area contributed by atoms with Crippen LogP contribution in [0.2, 0.25) is 5.02 Å². The Morgan fingerprint density at radius 3 is 2.70 bits per heavy atom. The molecule has 6 heteroatoms. The van der Waals surface area contributed by atoms with E-state index in [0.29, 0.717) is 15.9 Å². The number of carbonyl (C=O) groups excluding carboxylic acids is 1. The van der Waals surface area contributed by atoms with E-state index in [1.807, 2.05) is 26.0 Å². The zero-order valence-corrected chi connectivity index (χ0v) is 13.0. The molecule has 1 amide bonds. The number of carbonyl (C=O) groups is 1. The second-order valence-corrected chi connectivity index (χ2v) is 6.05. The molecule has 106 valence electrons. The molecular weight excluding hydrogens is 296 g/mol. The lowest BCUT2D eigenvalue weighted by Gasteiger charge is -2.11. The Morgan fingerprint density at radius 2 is 2.10 bits per heavy atom. The van der Waals surface area contributed by atoms with Crippen molar-refractivity contribution in [3.63, 3.8) is 0 Å². The van der Waals surface area contributed by atoms with Crippen LogP contribution >= 0.6 is 23.4 Å². The molecule has 1 atom stereocenters. The average molecular weight is 311 g/mol. The molecule has 0 saturated carbocycles. The molecule has 0 saturated heterocycles. The lowest BCUT2D eigenvalue weighted by Crippen LogP contribution is -2.22. The van der Waals surface area contributed by atoms with Gasteiger partial charge in [0.2, 0.25) is 5.91 Å². The second kappa shape index (κ2) is 6.33. The van der Waals surface area contributed by atoms with Crippen LogP contribution < -0.4 is 5.32 Å². The maximum absolute atomic E-state index is 12.1. The number of aryl methyl sites for hydroxylation is 2. The first-order valence-electron chi connectivity index (χ1n) is 6.13. The van der Waals surface area contributed by atoms with Crippen molar-refractivity contribution in [1.82, 2.24) is 4.98 Å². The molecule has 20 heavy (non-hydrogen) atoms. The van der Waals surface area contributed by atoms with Gasteiger partial charge in [-0.15, -0.1) is 0 Å². The lowest BCUT2D eigenvalue weighted by molar-refractivity contribution is -0.115. The molecule has 1 aromatic carbocycles. The fourth-order valence-corrected chi connectivity index (χ4v) is 2.51. The van der Waals surface area contributed by atoms with Gasteiger partial charge in [0.25, 0.3) is 5.22 Å². The van der Waals surface area contributed by atoms with Crippen molar-refractivity contribution in [1.29, 1.82) is 0 Å². The SMILES string of the molecule is Cc1nc(SC(C)C(=O)Nc2ccccc2Cl)oc1C. The van der Waals surface area contributed by atoms with E-state index >= 15 is 0 Å². The van der Waals surface area contributed by atoms with Crippen molar-refractivity contribution in [2.75, 3.05) is 5.32 Å². The van der Waals surface area contributed by atoms with Gasteiger partial charge < -0.3 is 9.73 Å². The molecule has 1 unspecified atom stereocenters. The van der Waals surface area contributed by atoms with Crippen LogP contribution in [-0.4, -0.2) is 16.1 Å². The molecular formula is C14H15ClN2O2S. The molecule has 0 bridgehead atoms. The van der Waals surface area contributed by atoms with E-state index < -0.39 is 0 Å². The summed E-state index contributed by atoms with van der Waals surface area (Å²) in [7, 11) is 0. The van der Waals surface area contributed by atoms with Gasteiger partial charge in [-0.1, -0.05) is 35.5 Å².